The molecule has 0 saturated heterocycles. The van der Waals surface area contributed by atoms with Crippen LogP contribution in [-0.4, -0.2) is 0 Å². The van der Waals surface area contributed by atoms with Crippen molar-refractivity contribution in [3.63, 3.8) is 0 Å². The van der Waals surface area contributed by atoms with Crippen molar-refractivity contribution in [2.45, 2.75) is 0 Å². The maximum atomic E-state index is 2.00. The summed E-state index contributed by atoms with van der Waals surface area (Å²) in [6.45, 7) is 0. The second-order valence-electron chi connectivity index (χ2n) is 1.92. The Morgan fingerprint density at radius 3 is 0.846 bits per heavy atom. The number of hydrogen-bond acceptors (Lipinski definition) is 0. The van der Waals surface area contributed by atoms with E-state index in [1.54, 1.807) is 0 Å². The molecule has 1 heteroatoms. The van der Waals surface area contributed by atoms with Crippen molar-refractivity contribution in [1.29, 1.82) is 0 Å². The molecule has 0 unspecified atom stereocenters. The van der Waals surface area contributed by atoms with E-state index in [-0.39, 0.29) is 35.9 Å². The third-order valence-corrected chi connectivity index (χ3v) is 1.11. The van der Waals surface area contributed by atoms with Gasteiger partial charge in [0.05, 0.1) is 0 Å². The zero-order valence-corrected chi connectivity index (χ0v) is 11.1. The maximum absolute atomic E-state index is 2.00. The summed E-state index contributed by atoms with van der Waals surface area (Å²) < 4.78 is 0. The Hall–Kier alpha value is -0.612. The molecular weight excluding hydrogens is 328 g/mol. The van der Waals surface area contributed by atoms with Crippen LogP contribution in [0.3, 0.4) is 0 Å². The summed E-state index contributed by atoms with van der Waals surface area (Å²) in [5.41, 5.74) is 0. The third kappa shape index (κ3) is 11.4. The second kappa shape index (κ2) is 13.9. The van der Waals surface area contributed by atoms with E-state index in [4.69, 9.17) is 0 Å². The largest absolute Gasteiger partial charge is 0.358 e. The van der Waals surface area contributed by atoms with Crippen molar-refractivity contribution in [2.24, 2.45) is 0 Å². The molecule has 0 fully saturated rings. The average molecular weight is 344 g/mol. The summed E-state index contributed by atoms with van der Waals surface area (Å²) in [5.74, 6) is 0. The molecule has 0 aromatic heterocycles. The van der Waals surface area contributed by atoms with Crippen LogP contribution in [0.15, 0.2) is 60.7 Å². The van der Waals surface area contributed by atoms with Crippen LogP contribution in [0.5, 0.6) is 0 Å². The van der Waals surface area contributed by atoms with Gasteiger partial charge in [-0.05, 0) is 0 Å². The molecule has 0 bridgehead atoms. The van der Waals surface area contributed by atoms with E-state index < -0.39 is 0 Å². The van der Waals surface area contributed by atoms with E-state index in [9.17, 15) is 0 Å². The van der Waals surface area contributed by atoms with Gasteiger partial charge in [0, 0.05) is 21.1 Å². The summed E-state index contributed by atoms with van der Waals surface area (Å²) in [4.78, 5) is 0. The predicted octanol–water partition coefficient (Wildman–Crippen LogP) is 3.71. The van der Waals surface area contributed by atoms with Crippen LogP contribution >= 0.6 is 0 Å². The van der Waals surface area contributed by atoms with Crippen molar-refractivity contribution >= 4 is 0 Å². The van der Waals surface area contributed by atoms with Gasteiger partial charge in [0.25, 0.3) is 0 Å². The fraction of sp³-hybridized carbons (Fsp3) is 0. The fourth-order valence-corrected chi connectivity index (χ4v) is 0.642. The van der Waals surface area contributed by atoms with Crippen molar-refractivity contribution < 1.29 is 21.1 Å². The van der Waals surface area contributed by atoms with Gasteiger partial charge in [-0.3, -0.25) is 0 Å². The molecule has 13 heavy (non-hydrogen) atoms. The zero-order valence-electron chi connectivity index (χ0n) is 8.18. The SMILES string of the molecule is [CH3-].[CH3-].[W].c1cc[cH-]c1.c1cc[cH-]c1. The second-order valence-corrected chi connectivity index (χ2v) is 1.92. The van der Waals surface area contributed by atoms with Crippen LogP contribution < -0.4 is 0 Å². The minimum Gasteiger partial charge on any atom is -0.358 e. The third-order valence-electron chi connectivity index (χ3n) is 1.11. The van der Waals surface area contributed by atoms with E-state index in [1.807, 2.05) is 60.7 Å². The topological polar surface area (TPSA) is 0 Å². The Morgan fingerprint density at radius 2 is 0.769 bits per heavy atom. The van der Waals surface area contributed by atoms with Crippen LogP contribution in [0.2, 0.25) is 0 Å². The normalized spacial score (nSPS) is 6.15. The molecule has 2 aromatic carbocycles. The zero-order chi connectivity index (χ0) is 7.07. The summed E-state index contributed by atoms with van der Waals surface area (Å²) in [6, 6.07) is 20.0. The summed E-state index contributed by atoms with van der Waals surface area (Å²) >= 11 is 0. The molecule has 0 atom stereocenters. The van der Waals surface area contributed by atoms with Gasteiger partial charge in [0.2, 0.25) is 0 Å². The molecule has 0 aliphatic carbocycles. The Morgan fingerprint density at radius 1 is 0.538 bits per heavy atom. The van der Waals surface area contributed by atoms with E-state index in [0.29, 0.717) is 0 Å². The van der Waals surface area contributed by atoms with Crippen molar-refractivity contribution in [3.05, 3.63) is 75.5 Å². The van der Waals surface area contributed by atoms with Gasteiger partial charge in [-0.15, -0.1) is 0 Å². The molecule has 0 spiro atoms. The molecule has 2 aromatic rings. The molecule has 0 N–H and O–H groups in total. The molecule has 0 saturated carbocycles. The van der Waals surface area contributed by atoms with E-state index in [2.05, 4.69) is 0 Å². The van der Waals surface area contributed by atoms with Crippen LogP contribution in [0.1, 0.15) is 0 Å². The Balaban J connectivity index is -0.000000125. The van der Waals surface area contributed by atoms with Crippen LogP contribution in [0.25, 0.3) is 0 Å². The Labute approximate surface area is 96.6 Å². The van der Waals surface area contributed by atoms with E-state index >= 15 is 0 Å². The minimum atomic E-state index is 0. The van der Waals surface area contributed by atoms with Gasteiger partial charge in [-0.25, -0.2) is 24.3 Å². The average Bonchev–Trinajstić information content (AvgIpc) is 2.67. The van der Waals surface area contributed by atoms with Gasteiger partial charge in [0.15, 0.2) is 0 Å². The number of rotatable bonds is 0. The minimum absolute atomic E-state index is 0. The standard InChI is InChI=1S/2C5H5.2CH3.W/c2*1-2-4-5-3-1;;;/h2*1-5H;2*1H3;/q4*-1;. The first-order chi connectivity index (χ1) is 5.00. The molecule has 74 valence electrons. The first-order valence-electron chi connectivity index (χ1n) is 3.33. The molecule has 0 radical (unpaired) electrons. The van der Waals surface area contributed by atoms with E-state index in [0.717, 1.165) is 0 Å². The summed E-state index contributed by atoms with van der Waals surface area (Å²) in [5, 5.41) is 0. The van der Waals surface area contributed by atoms with Crippen molar-refractivity contribution in [1.82, 2.24) is 0 Å². The summed E-state index contributed by atoms with van der Waals surface area (Å²) in [7, 11) is 0. The quantitative estimate of drug-likeness (QED) is 0.640. The first kappa shape index (κ1) is 18.2. The van der Waals surface area contributed by atoms with Gasteiger partial charge in [0.1, 0.15) is 0 Å². The number of hydrogen-bond donors (Lipinski definition) is 0. The Kier molecular flexibility index (Phi) is 19.6. The molecular formula is C12H16W-4. The summed E-state index contributed by atoms with van der Waals surface area (Å²) in [6.07, 6.45) is 0. The fourth-order valence-electron chi connectivity index (χ4n) is 0.642. The molecule has 0 aliphatic heterocycles. The first-order valence-corrected chi connectivity index (χ1v) is 3.33. The predicted molar refractivity (Wildman–Crippen MR) is 56.9 cm³/mol. The van der Waals surface area contributed by atoms with E-state index in [1.165, 1.54) is 0 Å². The van der Waals surface area contributed by atoms with Gasteiger partial charge in [-0.1, -0.05) is 0 Å². The monoisotopic (exact) mass is 344 g/mol. The maximum Gasteiger partial charge on any atom is 0 e. The molecule has 0 amide bonds. The van der Waals surface area contributed by atoms with Gasteiger partial charge in [-0.2, -0.15) is 36.4 Å². The molecule has 0 aliphatic rings. The molecule has 0 heterocycles. The van der Waals surface area contributed by atoms with Crippen LogP contribution in [-0.2, 0) is 21.1 Å². The van der Waals surface area contributed by atoms with Gasteiger partial charge < -0.3 is 14.9 Å². The molecule has 2 rings (SSSR count). The Bertz CT molecular complexity index is 144. The van der Waals surface area contributed by atoms with Gasteiger partial charge >= 0.3 is 0 Å². The molecule has 0 nitrogen and oxygen atoms in total. The van der Waals surface area contributed by atoms with Crippen LogP contribution in [0, 0.1) is 14.9 Å². The van der Waals surface area contributed by atoms with Crippen molar-refractivity contribution in [3.8, 4) is 0 Å². The van der Waals surface area contributed by atoms with Crippen molar-refractivity contribution in [2.75, 3.05) is 0 Å². The van der Waals surface area contributed by atoms with Crippen LogP contribution in [0.4, 0.5) is 0 Å². The smallest absolute Gasteiger partial charge is 0 e.